The van der Waals surface area contributed by atoms with Crippen LogP contribution in [0.25, 0.3) is 10.8 Å². The van der Waals surface area contributed by atoms with Crippen molar-refractivity contribution in [1.82, 2.24) is 10.3 Å². The molecule has 0 radical (unpaired) electrons. The van der Waals surface area contributed by atoms with Gasteiger partial charge in [0.25, 0.3) is 0 Å². The Morgan fingerprint density at radius 2 is 2.53 bits per heavy atom. The van der Waals surface area contributed by atoms with E-state index in [1.807, 2.05) is 12.1 Å². The lowest BCUT2D eigenvalue weighted by Crippen LogP contribution is -2.16. The second-order valence-electron chi connectivity index (χ2n) is 4.11. The number of nitrogens with zero attached hydrogens (tertiary/aromatic N) is 1. The Hall–Kier alpha value is -1.17. The van der Waals surface area contributed by atoms with Gasteiger partial charge >= 0.3 is 0 Å². The lowest BCUT2D eigenvalue weighted by atomic mass is 10.1. The van der Waals surface area contributed by atoms with Gasteiger partial charge in [-0.05, 0) is 18.6 Å². The van der Waals surface area contributed by atoms with Crippen LogP contribution in [-0.2, 0) is 4.74 Å². The predicted octanol–water partition coefficient (Wildman–Crippen LogP) is 2.45. The van der Waals surface area contributed by atoms with Gasteiger partial charge in [0, 0.05) is 19.0 Å². The summed E-state index contributed by atoms with van der Waals surface area (Å²) in [6.45, 7) is 0.898. The van der Waals surface area contributed by atoms with E-state index >= 15 is 0 Å². The summed E-state index contributed by atoms with van der Waals surface area (Å²) in [6, 6.07) is 4.12. The fourth-order valence-electron chi connectivity index (χ4n) is 2.07. The van der Waals surface area contributed by atoms with E-state index in [1.54, 1.807) is 24.7 Å². The van der Waals surface area contributed by atoms with Crippen LogP contribution in [0, 0.1) is 0 Å². The number of thiazole rings is 1. The standard InChI is InChI=1S/C12H14N2O2S/c1-15-8-5-9(13-6-8)10-7-17-12(14-10)11-3-2-4-16-11/h2-4,7-9,13H,5-6H2,1H3. The molecule has 2 atom stereocenters. The molecule has 0 spiro atoms. The molecule has 0 aromatic carbocycles. The van der Waals surface area contributed by atoms with Crippen LogP contribution in [0.15, 0.2) is 28.2 Å². The summed E-state index contributed by atoms with van der Waals surface area (Å²) < 4.78 is 10.7. The third-order valence-electron chi connectivity index (χ3n) is 3.03. The molecule has 0 saturated carbocycles. The Kier molecular flexibility index (Phi) is 2.96. The Balaban J connectivity index is 1.77. The van der Waals surface area contributed by atoms with Crippen molar-refractivity contribution in [2.45, 2.75) is 18.6 Å². The van der Waals surface area contributed by atoms with E-state index in [1.165, 1.54) is 0 Å². The number of methoxy groups -OCH3 is 1. The zero-order valence-corrected chi connectivity index (χ0v) is 10.4. The molecular formula is C12H14N2O2S. The van der Waals surface area contributed by atoms with Crippen molar-refractivity contribution in [3.63, 3.8) is 0 Å². The first-order valence-corrected chi connectivity index (χ1v) is 6.50. The summed E-state index contributed by atoms with van der Waals surface area (Å²) in [5.74, 6) is 0.836. The topological polar surface area (TPSA) is 47.3 Å². The zero-order chi connectivity index (χ0) is 11.7. The van der Waals surface area contributed by atoms with Gasteiger partial charge in [-0.1, -0.05) is 0 Å². The van der Waals surface area contributed by atoms with Crippen LogP contribution in [0.2, 0.25) is 0 Å². The summed E-state index contributed by atoms with van der Waals surface area (Å²) in [4.78, 5) is 4.61. The highest BCUT2D eigenvalue weighted by molar-refractivity contribution is 7.13. The first kappa shape index (κ1) is 11.0. The highest BCUT2D eigenvalue weighted by Crippen LogP contribution is 2.30. The molecule has 0 aliphatic carbocycles. The van der Waals surface area contributed by atoms with Crippen LogP contribution in [0.3, 0.4) is 0 Å². The third kappa shape index (κ3) is 2.13. The monoisotopic (exact) mass is 250 g/mol. The molecule has 4 nitrogen and oxygen atoms in total. The first-order valence-electron chi connectivity index (χ1n) is 5.62. The molecule has 2 unspecified atom stereocenters. The molecule has 17 heavy (non-hydrogen) atoms. The van der Waals surface area contributed by atoms with Gasteiger partial charge < -0.3 is 14.5 Å². The smallest absolute Gasteiger partial charge is 0.162 e. The van der Waals surface area contributed by atoms with Crippen LogP contribution in [-0.4, -0.2) is 24.7 Å². The maximum absolute atomic E-state index is 5.34. The third-order valence-corrected chi connectivity index (χ3v) is 3.91. The van der Waals surface area contributed by atoms with Crippen molar-refractivity contribution in [2.24, 2.45) is 0 Å². The van der Waals surface area contributed by atoms with Crippen molar-refractivity contribution in [1.29, 1.82) is 0 Å². The van der Waals surface area contributed by atoms with Crippen molar-refractivity contribution in [3.8, 4) is 10.8 Å². The molecule has 1 fully saturated rings. The van der Waals surface area contributed by atoms with Gasteiger partial charge in [-0.25, -0.2) is 4.98 Å². The van der Waals surface area contributed by atoms with Crippen LogP contribution in [0.5, 0.6) is 0 Å². The number of aromatic nitrogens is 1. The van der Waals surface area contributed by atoms with E-state index in [-0.39, 0.29) is 0 Å². The van der Waals surface area contributed by atoms with E-state index < -0.39 is 0 Å². The van der Waals surface area contributed by atoms with Gasteiger partial charge in [0.15, 0.2) is 10.8 Å². The number of hydrogen-bond donors (Lipinski definition) is 1. The average molecular weight is 250 g/mol. The Morgan fingerprint density at radius 3 is 3.24 bits per heavy atom. The number of nitrogens with one attached hydrogen (secondary N) is 1. The number of furan rings is 1. The maximum atomic E-state index is 5.34. The Labute approximate surface area is 104 Å². The molecular weight excluding hydrogens is 236 g/mol. The number of rotatable bonds is 3. The first-order chi connectivity index (χ1) is 8.36. The minimum absolute atomic E-state index is 0.300. The summed E-state index contributed by atoms with van der Waals surface area (Å²) >= 11 is 1.62. The molecule has 0 bridgehead atoms. The highest BCUT2D eigenvalue weighted by atomic mass is 32.1. The average Bonchev–Trinajstić information content (AvgIpc) is 3.09. The van der Waals surface area contributed by atoms with Gasteiger partial charge in [0.1, 0.15) is 0 Å². The molecule has 3 heterocycles. The van der Waals surface area contributed by atoms with Crippen molar-refractivity contribution >= 4 is 11.3 Å². The van der Waals surface area contributed by atoms with E-state index in [4.69, 9.17) is 9.15 Å². The van der Waals surface area contributed by atoms with E-state index in [9.17, 15) is 0 Å². The molecule has 90 valence electrons. The van der Waals surface area contributed by atoms with Gasteiger partial charge in [0.05, 0.1) is 24.1 Å². The van der Waals surface area contributed by atoms with Crippen LogP contribution in [0.1, 0.15) is 18.2 Å². The number of ether oxygens (including phenoxy) is 1. The zero-order valence-electron chi connectivity index (χ0n) is 9.55. The second kappa shape index (κ2) is 4.60. The largest absolute Gasteiger partial charge is 0.462 e. The molecule has 5 heteroatoms. The molecule has 2 aromatic rings. The molecule has 1 N–H and O–H groups in total. The highest BCUT2D eigenvalue weighted by Gasteiger charge is 2.27. The lowest BCUT2D eigenvalue weighted by molar-refractivity contribution is 0.117. The van der Waals surface area contributed by atoms with Gasteiger partial charge in [-0.2, -0.15) is 0 Å². The maximum Gasteiger partial charge on any atom is 0.162 e. The SMILES string of the molecule is COC1CNC(c2csc(-c3ccco3)n2)C1. The molecule has 1 aliphatic rings. The summed E-state index contributed by atoms with van der Waals surface area (Å²) in [5, 5.41) is 6.45. The minimum Gasteiger partial charge on any atom is -0.462 e. The van der Waals surface area contributed by atoms with Crippen molar-refractivity contribution in [3.05, 3.63) is 29.5 Å². The Morgan fingerprint density at radius 1 is 1.59 bits per heavy atom. The second-order valence-corrected chi connectivity index (χ2v) is 4.97. The summed E-state index contributed by atoms with van der Waals surface area (Å²) in [7, 11) is 1.75. The molecule has 2 aromatic heterocycles. The normalized spacial score (nSPS) is 24.3. The fourth-order valence-corrected chi connectivity index (χ4v) is 2.91. The van der Waals surface area contributed by atoms with E-state index in [0.717, 1.165) is 29.4 Å². The molecule has 1 saturated heterocycles. The van der Waals surface area contributed by atoms with Crippen LogP contribution in [0.4, 0.5) is 0 Å². The van der Waals surface area contributed by atoms with E-state index in [2.05, 4.69) is 15.7 Å². The molecule has 1 aliphatic heterocycles. The van der Waals surface area contributed by atoms with Crippen LogP contribution >= 0.6 is 11.3 Å². The minimum atomic E-state index is 0.300. The predicted molar refractivity (Wildman–Crippen MR) is 66.0 cm³/mol. The summed E-state index contributed by atoms with van der Waals surface area (Å²) in [6.07, 6.45) is 2.96. The fraction of sp³-hybridized carbons (Fsp3) is 0.417. The van der Waals surface area contributed by atoms with Crippen molar-refractivity contribution < 1.29 is 9.15 Å². The molecule has 3 rings (SSSR count). The quantitative estimate of drug-likeness (QED) is 0.909. The Bertz CT molecular complexity index is 480. The van der Waals surface area contributed by atoms with E-state index in [0.29, 0.717) is 12.1 Å². The molecule has 0 amide bonds. The van der Waals surface area contributed by atoms with Crippen molar-refractivity contribution in [2.75, 3.05) is 13.7 Å². The van der Waals surface area contributed by atoms with Crippen LogP contribution < -0.4 is 5.32 Å². The van der Waals surface area contributed by atoms with Gasteiger partial charge in [0.2, 0.25) is 0 Å². The summed E-state index contributed by atoms with van der Waals surface area (Å²) in [5.41, 5.74) is 1.08. The van der Waals surface area contributed by atoms with Gasteiger partial charge in [-0.15, -0.1) is 11.3 Å². The van der Waals surface area contributed by atoms with Gasteiger partial charge in [-0.3, -0.25) is 0 Å². The number of hydrogen-bond acceptors (Lipinski definition) is 5. The lowest BCUT2D eigenvalue weighted by Gasteiger charge is -2.06.